The van der Waals surface area contributed by atoms with E-state index in [-0.39, 0.29) is 0 Å². The van der Waals surface area contributed by atoms with Crippen LogP contribution in [0.4, 0.5) is 0 Å². The highest BCUT2D eigenvalue weighted by molar-refractivity contribution is 5.85. The Bertz CT molecular complexity index is 1260. The van der Waals surface area contributed by atoms with Gasteiger partial charge in [-0.05, 0) is 18.6 Å². The maximum Gasteiger partial charge on any atom is 0.166 e. The molecule has 0 radical (unpaired) electrons. The molecule has 0 aliphatic carbocycles. The molecule has 0 amide bonds. The molecular weight excluding hydrogens is 346 g/mol. The Kier molecular flexibility index (Phi) is 4.05. The SMILES string of the molecule is CCCc1nnc2ccc3nc(-c4ccccc4)c(-c4ccccc4)nc3n12. The monoisotopic (exact) mass is 365 g/mol. The van der Waals surface area contributed by atoms with Crippen LogP contribution in [0.5, 0.6) is 0 Å². The minimum atomic E-state index is 0.796. The molecule has 136 valence electrons. The summed E-state index contributed by atoms with van der Waals surface area (Å²) in [5, 5.41) is 8.68. The van der Waals surface area contributed by atoms with Crippen molar-refractivity contribution >= 4 is 16.8 Å². The second-order valence-corrected chi connectivity index (χ2v) is 6.75. The van der Waals surface area contributed by atoms with E-state index in [9.17, 15) is 0 Å². The van der Waals surface area contributed by atoms with E-state index in [1.165, 1.54) is 0 Å². The highest BCUT2D eigenvalue weighted by Gasteiger charge is 2.16. The van der Waals surface area contributed by atoms with Crippen molar-refractivity contribution in [3.05, 3.63) is 78.6 Å². The van der Waals surface area contributed by atoms with E-state index in [1.807, 2.05) is 52.9 Å². The molecule has 0 aliphatic rings. The van der Waals surface area contributed by atoms with Gasteiger partial charge in [-0.2, -0.15) is 0 Å². The average Bonchev–Trinajstić information content (AvgIpc) is 3.18. The summed E-state index contributed by atoms with van der Waals surface area (Å²) in [4.78, 5) is 10.1. The molecule has 5 heteroatoms. The van der Waals surface area contributed by atoms with Gasteiger partial charge in [-0.3, -0.25) is 4.40 Å². The lowest BCUT2D eigenvalue weighted by molar-refractivity contribution is 0.823. The third-order valence-corrected chi connectivity index (χ3v) is 4.83. The van der Waals surface area contributed by atoms with Crippen molar-refractivity contribution in [2.24, 2.45) is 0 Å². The Morgan fingerprint density at radius 1 is 0.714 bits per heavy atom. The maximum atomic E-state index is 5.09. The molecule has 5 aromatic rings. The number of rotatable bonds is 4. The average molecular weight is 365 g/mol. The van der Waals surface area contributed by atoms with Crippen LogP contribution in [-0.2, 0) is 6.42 Å². The fourth-order valence-corrected chi connectivity index (χ4v) is 3.52. The normalized spacial score (nSPS) is 11.3. The van der Waals surface area contributed by atoms with Crippen LogP contribution in [0.3, 0.4) is 0 Å². The van der Waals surface area contributed by atoms with Gasteiger partial charge in [0.25, 0.3) is 0 Å². The summed E-state index contributed by atoms with van der Waals surface area (Å²) in [6.45, 7) is 2.14. The molecule has 0 aliphatic heterocycles. The molecule has 5 nitrogen and oxygen atoms in total. The molecule has 0 fully saturated rings. The molecule has 0 saturated heterocycles. The zero-order valence-electron chi connectivity index (χ0n) is 15.6. The molecule has 0 N–H and O–H groups in total. The summed E-state index contributed by atoms with van der Waals surface area (Å²) in [5.74, 6) is 0.920. The lowest BCUT2D eigenvalue weighted by atomic mass is 10.0. The number of nitrogens with zero attached hydrogens (tertiary/aromatic N) is 5. The number of benzene rings is 2. The van der Waals surface area contributed by atoms with E-state index in [1.54, 1.807) is 0 Å². The standard InChI is InChI=1S/C23H19N5/c1-2-9-19-26-27-20-15-14-18-23(28(19)20)25-22(17-12-7-4-8-13-17)21(24-18)16-10-5-3-6-11-16/h3-8,10-15H,2,9H2,1H3. The van der Waals surface area contributed by atoms with Gasteiger partial charge in [0, 0.05) is 17.5 Å². The molecule has 3 heterocycles. The molecule has 2 aromatic carbocycles. The summed E-state index contributed by atoms with van der Waals surface area (Å²) >= 11 is 0. The van der Waals surface area contributed by atoms with Crippen LogP contribution in [-0.4, -0.2) is 24.6 Å². The van der Waals surface area contributed by atoms with Crippen molar-refractivity contribution < 1.29 is 0 Å². The Morgan fingerprint density at radius 2 is 1.36 bits per heavy atom. The summed E-state index contributed by atoms with van der Waals surface area (Å²) < 4.78 is 2.03. The van der Waals surface area contributed by atoms with Gasteiger partial charge in [-0.15, -0.1) is 10.2 Å². The zero-order valence-corrected chi connectivity index (χ0v) is 15.6. The van der Waals surface area contributed by atoms with Gasteiger partial charge < -0.3 is 0 Å². The molecule has 0 unspecified atom stereocenters. The number of aromatic nitrogens is 5. The van der Waals surface area contributed by atoms with Gasteiger partial charge in [-0.25, -0.2) is 9.97 Å². The van der Waals surface area contributed by atoms with Crippen LogP contribution in [0.1, 0.15) is 19.2 Å². The van der Waals surface area contributed by atoms with E-state index < -0.39 is 0 Å². The summed E-state index contributed by atoms with van der Waals surface area (Å²) in [6.07, 6.45) is 1.85. The number of hydrogen-bond donors (Lipinski definition) is 0. The lowest BCUT2D eigenvalue weighted by Crippen LogP contribution is -2.02. The molecule has 3 aromatic heterocycles. The second kappa shape index (κ2) is 6.85. The quantitative estimate of drug-likeness (QED) is 0.452. The smallest absolute Gasteiger partial charge is 0.166 e. The van der Waals surface area contributed by atoms with Crippen LogP contribution < -0.4 is 0 Å². The van der Waals surface area contributed by atoms with Crippen LogP contribution in [0, 0.1) is 0 Å². The van der Waals surface area contributed by atoms with Gasteiger partial charge in [0.15, 0.2) is 11.3 Å². The molecule has 0 bridgehead atoms. The van der Waals surface area contributed by atoms with Crippen molar-refractivity contribution in [2.45, 2.75) is 19.8 Å². The van der Waals surface area contributed by atoms with Crippen LogP contribution >= 0.6 is 0 Å². The fraction of sp³-hybridized carbons (Fsp3) is 0.130. The Hall–Kier alpha value is -3.60. The van der Waals surface area contributed by atoms with E-state index in [0.717, 1.165) is 58.0 Å². The minimum Gasteiger partial charge on any atom is -0.261 e. The number of hydrogen-bond acceptors (Lipinski definition) is 4. The molecule has 0 atom stereocenters. The van der Waals surface area contributed by atoms with E-state index in [4.69, 9.17) is 9.97 Å². The molecule has 28 heavy (non-hydrogen) atoms. The largest absolute Gasteiger partial charge is 0.261 e. The van der Waals surface area contributed by atoms with Gasteiger partial charge in [0.2, 0.25) is 0 Å². The molecule has 0 spiro atoms. The highest BCUT2D eigenvalue weighted by Crippen LogP contribution is 2.31. The Labute approximate surface area is 162 Å². The number of pyridine rings is 1. The Balaban J connectivity index is 1.87. The van der Waals surface area contributed by atoms with Crippen molar-refractivity contribution in [1.29, 1.82) is 0 Å². The first-order valence-corrected chi connectivity index (χ1v) is 9.51. The van der Waals surface area contributed by atoms with Crippen LogP contribution in [0.25, 0.3) is 39.3 Å². The van der Waals surface area contributed by atoms with Crippen LogP contribution in [0.15, 0.2) is 72.8 Å². The predicted molar refractivity (Wildman–Crippen MR) is 111 cm³/mol. The van der Waals surface area contributed by atoms with Gasteiger partial charge >= 0.3 is 0 Å². The first-order valence-electron chi connectivity index (χ1n) is 9.51. The summed E-state index contributed by atoms with van der Waals surface area (Å²) in [5.41, 5.74) is 6.27. The lowest BCUT2D eigenvalue weighted by Gasteiger charge is -2.12. The third-order valence-electron chi connectivity index (χ3n) is 4.83. The van der Waals surface area contributed by atoms with Gasteiger partial charge in [-0.1, -0.05) is 67.6 Å². The van der Waals surface area contributed by atoms with Gasteiger partial charge in [0.05, 0.1) is 11.4 Å². The van der Waals surface area contributed by atoms with Crippen molar-refractivity contribution in [3.63, 3.8) is 0 Å². The Morgan fingerprint density at radius 3 is 2.00 bits per heavy atom. The topological polar surface area (TPSA) is 56.0 Å². The number of aryl methyl sites for hydroxylation is 1. The third kappa shape index (κ3) is 2.72. The zero-order chi connectivity index (χ0) is 18.9. The van der Waals surface area contributed by atoms with Crippen LogP contribution in [0.2, 0.25) is 0 Å². The summed E-state index contributed by atoms with van der Waals surface area (Å²) in [7, 11) is 0. The second-order valence-electron chi connectivity index (χ2n) is 6.75. The van der Waals surface area contributed by atoms with Gasteiger partial charge in [0.1, 0.15) is 11.3 Å². The minimum absolute atomic E-state index is 0.796. The first kappa shape index (κ1) is 16.6. The first-order chi connectivity index (χ1) is 13.8. The molecule has 5 rings (SSSR count). The fourth-order valence-electron chi connectivity index (χ4n) is 3.52. The predicted octanol–water partition coefficient (Wildman–Crippen LogP) is 4.96. The van der Waals surface area contributed by atoms with Crippen molar-refractivity contribution in [1.82, 2.24) is 24.6 Å². The summed E-state index contributed by atoms with van der Waals surface area (Å²) in [6, 6.07) is 24.3. The number of fused-ring (bicyclic) bond motifs is 3. The highest BCUT2D eigenvalue weighted by atomic mass is 15.3. The van der Waals surface area contributed by atoms with Crippen molar-refractivity contribution in [2.75, 3.05) is 0 Å². The molecular formula is C23H19N5. The maximum absolute atomic E-state index is 5.09. The van der Waals surface area contributed by atoms with Crippen molar-refractivity contribution in [3.8, 4) is 22.5 Å². The van der Waals surface area contributed by atoms with E-state index in [0.29, 0.717) is 0 Å². The van der Waals surface area contributed by atoms with E-state index >= 15 is 0 Å². The molecule has 0 saturated carbocycles. The van der Waals surface area contributed by atoms with E-state index in [2.05, 4.69) is 41.4 Å².